The monoisotopic (exact) mass is 203 g/mol. The second-order valence-corrected chi connectivity index (χ2v) is 2.74. The third kappa shape index (κ3) is 5.55. The standard InChI is InChI=1S/C7H14BNO5/c1-3-14-6(10)4-5(7(11)12)9-8(2)13/h5,9,13H,3-4H2,1-2H3,(H,11,12)/t5-/m1/s1. The van der Waals surface area contributed by atoms with Crippen LogP contribution in [-0.2, 0) is 14.3 Å². The fraction of sp³-hybridized carbons (Fsp3) is 0.714. The number of hydrogen-bond donors (Lipinski definition) is 3. The van der Waals surface area contributed by atoms with E-state index in [0.717, 1.165) is 0 Å². The van der Waals surface area contributed by atoms with E-state index in [1.807, 2.05) is 0 Å². The molecular weight excluding hydrogens is 189 g/mol. The summed E-state index contributed by atoms with van der Waals surface area (Å²) in [5.74, 6) is -1.80. The van der Waals surface area contributed by atoms with Crippen LogP contribution in [-0.4, -0.2) is 41.8 Å². The number of rotatable bonds is 6. The third-order valence-corrected chi connectivity index (χ3v) is 1.42. The summed E-state index contributed by atoms with van der Waals surface area (Å²) in [6.07, 6.45) is -0.298. The van der Waals surface area contributed by atoms with Gasteiger partial charge in [0.25, 0.3) is 0 Å². The van der Waals surface area contributed by atoms with Gasteiger partial charge in [0.05, 0.1) is 13.0 Å². The van der Waals surface area contributed by atoms with Gasteiger partial charge in [-0.2, -0.15) is 0 Å². The summed E-state index contributed by atoms with van der Waals surface area (Å²) >= 11 is 0. The predicted molar refractivity (Wildman–Crippen MR) is 49.6 cm³/mol. The molecule has 0 unspecified atom stereocenters. The maximum Gasteiger partial charge on any atom is 0.374 e. The highest BCUT2D eigenvalue weighted by Gasteiger charge is 2.23. The lowest BCUT2D eigenvalue weighted by Crippen LogP contribution is -2.46. The van der Waals surface area contributed by atoms with Crippen molar-refractivity contribution in [3.05, 3.63) is 0 Å². The molecule has 0 fully saturated rings. The minimum absolute atomic E-state index is 0.208. The van der Waals surface area contributed by atoms with Gasteiger partial charge in [-0.25, -0.2) is 0 Å². The predicted octanol–water partition coefficient (Wildman–Crippen LogP) is -0.907. The molecule has 0 aromatic rings. The Hall–Kier alpha value is -1.08. The molecule has 0 aliphatic carbocycles. The number of carbonyl (C=O) groups is 2. The van der Waals surface area contributed by atoms with Gasteiger partial charge in [0.15, 0.2) is 0 Å². The molecule has 0 aliphatic heterocycles. The minimum Gasteiger partial charge on any atom is -0.480 e. The Bertz CT molecular complexity index is 208. The van der Waals surface area contributed by atoms with Crippen LogP contribution >= 0.6 is 0 Å². The van der Waals surface area contributed by atoms with Crippen LogP contribution in [0.5, 0.6) is 0 Å². The summed E-state index contributed by atoms with van der Waals surface area (Å²) in [6, 6.07) is -1.12. The van der Waals surface area contributed by atoms with E-state index < -0.39 is 25.0 Å². The molecule has 0 amide bonds. The zero-order chi connectivity index (χ0) is 11.1. The van der Waals surface area contributed by atoms with E-state index in [1.54, 1.807) is 6.92 Å². The quantitative estimate of drug-likeness (QED) is 0.382. The molecule has 0 aliphatic rings. The highest BCUT2D eigenvalue weighted by atomic mass is 16.5. The van der Waals surface area contributed by atoms with Gasteiger partial charge in [0, 0.05) is 0 Å². The van der Waals surface area contributed by atoms with Gasteiger partial charge in [-0.1, -0.05) is 0 Å². The zero-order valence-corrected chi connectivity index (χ0v) is 8.19. The second-order valence-electron chi connectivity index (χ2n) is 2.74. The van der Waals surface area contributed by atoms with Crippen molar-refractivity contribution in [3.63, 3.8) is 0 Å². The van der Waals surface area contributed by atoms with Crippen molar-refractivity contribution in [1.82, 2.24) is 5.23 Å². The van der Waals surface area contributed by atoms with Crippen molar-refractivity contribution in [2.24, 2.45) is 0 Å². The summed E-state index contributed by atoms with van der Waals surface area (Å²) in [7, 11) is -0.981. The van der Waals surface area contributed by atoms with E-state index in [0.29, 0.717) is 0 Å². The molecular formula is C7H14BNO5. The molecule has 6 nitrogen and oxygen atoms in total. The van der Waals surface area contributed by atoms with Crippen LogP contribution in [0.3, 0.4) is 0 Å². The van der Waals surface area contributed by atoms with Crippen molar-refractivity contribution in [1.29, 1.82) is 0 Å². The van der Waals surface area contributed by atoms with Crippen LogP contribution in [0.1, 0.15) is 13.3 Å². The lowest BCUT2D eigenvalue weighted by atomic mass is 9.87. The first kappa shape index (κ1) is 12.9. The van der Waals surface area contributed by atoms with Gasteiger partial charge in [-0.3, -0.25) is 9.59 Å². The number of ether oxygens (including phenoxy) is 1. The van der Waals surface area contributed by atoms with Gasteiger partial charge in [0.2, 0.25) is 0 Å². The fourth-order valence-electron chi connectivity index (χ4n) is 0.895. The third-order valence-electron chi connectivity index (χ3n) is 1.42. The van der Waals surface area contributed by atoms with Crippen LogP contribution in [0.25, 0.3) is 0 Å². The average Bonchev–Trinajstić information content (AvgIpc) is 2.02. The van der Waals surface area contributed by atoms with Crippen LogP contribution in [0.4, 0.5) is 0 Å². The molecule has 1 atom stereocenters. The Balaban J connectivity index is 4.09. The maximum absolute atomic E-state index is 10.9. The Kier molecular flexibility index (Phi) is 5.90. The molecule has 0 aromatic carbocycles. The Morgan fingerprint density at radius 3 is 2.50 bits per heavy atom. The van der Waals surface area contributed by atoms with E-state index in [2.05, 4.69) is 9.96 Å². The number of esters is 1. The van der Waals surface area contributed by atoms with Crippen LogP contribution < -0.4 is 5.23 Å². The molecule has 0 aromatic heterocycles. The Morgan fingerprint density at radius 1 is 1.57 bits per heavy atom. The van der Waals surface area contributed by atoms with Crippen molar-refractivity contribution in [3.8, 4) is 0 Å². The van der Waals surface area contributed by atoms with E-state index in [4.69, 9.17) is 10.1 Å². The number of hydrogen-bond acceptors (Lipinski definition) is 5. The van der Waals surface area contributed by atoms with Crippen molar-refractivity contribution in [2.75, 3.05) is 6.61 Å². The molecule has 0 saturated heterocycles. The van der Waals surface area contributed by atoms with Gasteiger partial charge in [-0.15, -0.1) is 0 Å². The molecule has 0 rings (SSSR count). The van der Waals surface area contributed by atoms with Crippen LogP contribution in [0, 0.1) is 0 Å². The van der Waals surface area contributed by atoms with Crippen molar-refractivity contribution >= 4 is 19.0 Å². The number of carboxylic acids is 1. The summed E-state index contributed by atoms with van der Waals surface area (Å²) in [4.78, 5) is 21.5. The molecule has 7 heteroatoms. The zero-order valence-electron chi connectivity index (χ0n) is 8.19. The first-order valence-electron chi connectivity index (χ1n) is 4.30. The molecule has 0 bridgehead atoms. The normalized spacial score (nSPS) is 11.9. The summed E-state index contributed by atoms with van der Waals surface area (Å²) in [5.41, 5.74) is 0. The van der Waals surface area contributed by atoms with E-state index in [-0.39, 0.29) is 13.0 Å². The summed E-state index contributed by atoms with van der Waals surface area (Å²) < 4.78 is 4.58. The van der Waals surface area contributed by atoms with E-state index in [9.17, 15) is 9.59 Å². The molecule has 0 heterocycles. The number of carbonyl (C=O) groups excluding carboxylic acids is 1. The summed E-state index contributed by atoms with van der Waals surface area (Å²) in [5, 5.41) is 19.9. The average molecular weight is 203 g/mol. The Labute approximate surface area is 82.4 Å². The smallest absolute Gasteiger partial charge is 0.374 e. The lowest BCUT2D eigenvalue weighted by molar-refractivity contribution is -0.148. The molecule has 3 N–H and O–H groups in total. The Morgan fingerprint density at radius 2 is 2.14 bits per heavy atom. The van der Waals surface area contributed by atoms with Gasteiger partial charge >= 0.3 is 19.0 Å². The SMILES string of the molecule is CCOC(=O)C[C@@H](NB(C)O)C(=O)O. The first-order chi connectivity index (χ1) is 6.47. The number of nitrogens with one attached hydrogen (secondary N) is 1. The van der Waals surface area contributed by atoms with Crippen LogP contribution in [0.2, 0.25) is 6.82 Å². The van der Waals surface area contributed by atoms with E-state index >= 15 is 0 Å². The first-order valence-corrected chi connectivity index (χ1v) is 4.30. The van der Waals surface area contributed by atoms with Gasteiger partial charge in [-0.05, 0) is 13.7 Å². The molecule has 0 saturated carbocycles. The van der Waals surface area contributed by atoms with E-state index in [1.165, 1.54) is 6.82 Å². The van der Waals surface area contributed by atoms with Crippen molar-refractivity contribution in [2.45, 2.75) is 26.2 Å². The molecule has 80 valence electrons. The second kappa shape index (κ2) is 6.39. The molecule has 0 spiro atoms. The number of carboxylic acid groups (broad SMARTS) is 1. The van der Waals surface area contributed by atoms with Gasteiger partial charge < -0.3 is 20.1 Å². The largest absolute Gasteiger partial charge is 0.480 e. The highest BCUT2D eigenvalue weighted by molar-refractivity contribution is 6.46. The minimum atomic E-state index is -1.20. The van der Waals surface area contributed by atoms with Crippen LogP contribution in [0.15, 0.2) is 0 Å². The lowest BCUT2D eigenvalue weighted by Gasteiger charge is -2.13. The maximum atomic E-state index is 10.9. The van der Waals surface area contributed by atoms with Gasteiger partial charge in [0.1, 0.15) is 6.04 Å². The fourth-order valence-corrected chi connectivity index (χ4v) is 0.895. The number of aliphatic carboxylic acids is 1. The summed E-state index contributed by atoms with van der Waals surface area (Å²) in [6.45, 7) is 3.22. The molecule has 14 heavy (non-hydrogen) atoms. The van der Waals surface area contributed by atoms with Crippen molar-refractivity contribution < 1.29 is 24.5 Å². The molecule has 0 radical (unpaired) electrons. The highest BCUT2D eigenvalue weighted by Crippen LogP contribution is 1.96. The topological polar surface area (TPSA) is 95.9 Å².